The summed E-state index contributed by atoms with van der Waals surface area (Å²) in [6, 6.07) is 6.91. The van der Waals surface area contributed by atoms with Gasteiger partial charge in [-0.15, -0.1) is 0 Å². The molecule has 1 aromatic rings. The first-order valence-electron chi connectivity index (χ1n) is 8.15. The van der Waals surface area contributed by atoms with E-state index in [2.05, 4.69) is 18.9 Å². The fourth-order valence-corrected chi connectivity index (χ4v) is 2.54. The largest absolute Gasteiger partial charge is 0.302 e. The van der Waals surface area contributed by atoms with Crippen LogP contribution < -0.4 is 0 Å². The number of hydrogen-bond acceptors (Lipinski definition) is 1. The molecule has 0 atom stereocenters. The van der Waals surface area contributed by atoms with Crippen LogP contribution in [0.5, 0.6) is 0 Å². The molecule has 1 rings (SSSR count). The molecule has 0 saturated carbocycles. The van der Waals surface area contributed by atoms with Crippen LogP contribution in [0.2, 0.25) is 0 Å². The molecule has 0 amide bonds. The van der Waals surface area contributed by atoms with Crippen LogP contribution in [0.4, 0.5) is 4.39 Å². The molecular weight excluding hydrogens is 249 g/mol. The lowest BCUT2D eigenvalue weighted by Gasteiger charge is -2.16. The molecule has 0 aromatic heterocycles. The Labute approximate surface area is 124 Å². The molecular formula is C18H30FN. The minimum absolute atomic E-state index is 0.136. The first kappa shape index (κ1) is 17.2. The molecule has 0 unspecified atom stereocenters. The van der Waals surface area contributed by atoms with E-state index in [1.165, 1.54) is 57.4 Å². The minimum atomic E-state index is -0.136. The van der Waals surface area contributed by atoms with Crippen LogP contribution in [0.25, 0.3) is 0 Å². The summed E-state index contributed by atoms with van der Waals surface area (Å²) in [6.07, 6.45) is 10.8. The van der Waals surface area contributed by atoms with Crippen molar-refractivity contribution in [2.24, 2.45) is 0 Å². The van der Waals surface area contributed by atoms with Gasteiger partial charge >= 0.3 is 0 Å². The summed E-state index contributed by atoms with van der Waals surface area (Å²) < 4.78 is 13.1. The lowest BCUT2D eigenvalue weighted by Crippen LogP contribution is -2.19. The van der Waals surface area contributed by atoms with Crippen LogP contribution in [0.1, 0.15) is 63.9 Å². The Morgan fingerprint density at radius 1 is 0.950 bits per heavy atom. The maximum absolute atomic E-state index is 13.1. The number of halogens is 1. The average Bonchev–Trinajstić information content (AvgIpc) is 2.42. The maximum atomic E-state index is 13.1. The third-order valence-corrected chi connectivity index (χ3v) is 3.73. The highest BCUT2D eigenvalue weighted by Crippen LogP contribution is 2.10. The zero-order valence-electron chi connectivity index (χ0n) is 13.2. The molecule has 0 spiro atoms. The smallest absolute Gasteiger partial charge is 0.123 e. The third kappa shape index (κ3) is 8.31. The van der Waals surface area contributed by atoms with E-state index < -0.39 is 0 Å². The van der Waals surface area contributed by atoms with Gasteiger partial charge in [-0.3, -0.25) is 0 Å². The Balaban J connectivity index is 2.01. The van der Waals surface area contributed by atoms with Gasteiger partial charge in [0.2, 0.25) is 0 Å². The van der Waals surface area contributed by atoms with E-state index in [9.17, 15) is 4.39 Å². The summed E-state index contributed by atoms with van der Waals surface area (Å²) in [7, 11) is 2.12. The van der Waals surface area contributed by atoms with Gasteiger partial charge in [-0.05, 0) is 37.7 Å². The van der Waals surface area contributed by atoms with Crippen molar-refractivity contribution in [2.75, 3.05) is 13.6 Å². The van der Waals surface area contributed by atoms with Crippen molar-refractivity contribution in [2.45, 2.75) is 64.8 Å². The van der Waals surface area contributed by atoms with Crippen LogP contribution in [0.3, 0.4) is 0 Å². The molecule has 0 aliphatic heterocycles. The highest BCUT2D eigenvalue weighted by Gasteiger charge is 2.01. The summed E-state index contributed by atoms with van der Waals surface area (Å²) in [6.45, 7) is 4.20. The standard InChI is InChI=1S/C18H30FN/c1-3-4-5-6-7-8-9-10-14-20(2)16-17-12-11-13-18(19)15-17/h11-13,15H,3-10,14,16H2,1-2H3. The number of benzene rings is 1. The third-order valence-electron chi connectivity index (χ3n) is 3.73. The van der Waals surface area contributed by atoms with Crippen molar-refractivity contribution in [1.29, 1.82) is 0 Å². The molecule has 0 aliphatic carbocycles. The first-order chi connectivity index (χ1) is 9.72. The van der Waals surface area contributed by atoms with Gasteiger partial charge < -0.3 is 4.90 Å². The molecule has 1 nitrogen and oxygen atoms in total. The molecule has 0 saturated heterocycles. The van der Waals surface area contributed by atoms with Crippen LogP contribution in [0.15, 0.2) is 24.3 Å². The van der Waals surface area contributed by atoms with Crippen molar-refractivity contribution < 1.29 is 4.39 Å². The van der Waals surface area contributed by atoms with Crippen LogP contribution in [0, 0.1) is 5.82 Å². The highest BCUT2D eigenvalue weighted by atomic mass is 19.1. The molecule has 0 bridgehead atoms. The molecule has 0 N–H and O–H groups in total. The van der Waals surface area contributed by atoms with Gasteiger partial charge in [0, 0.05) is 6.54 Å². The van der Waals surface area contributed by atoms with E-state index in [1.54, 1.807) is 12.1 Å². The van der Waals surface area contributed by atoms with Crippen LogP contribution >= 0.6 is 0 Å². The predicted octanol–water partition coefficient (Wildman–Crippen LogP) is 5.40. The van der Waals surface area contributed by atoms with E-state index in [0.717, 1.165) is 18.7 Å². The lowest BCUT2D eigenvalue weighted by molar-refractivity contribution is 0.316. The number of nitrogens with zero attached hydrogens (tertiary/aromatic N) is 1. The maximum Gasteiger partial charge on any atom is 0.123 e. The van der Waals surface area contributed by atoms with Crippen molar-refractivity contribution in [3.8, 4) is 0 Å². The Morgan fingerprint density at radius 3 is 2.25 bits per heavy atom. The Morgan fingerprint density at radius 2 is 1.60 bits per heavy atom. The molecule has 0 fully saturated rings. The quantitative estimate of drug-likeness (QED) is 0.490. The highest BCUT2D eigenvalue weighted by molar-refractivity contribution is 5.15. The fraction of sp³-hybridized carbons (Fsp3) is 0.667. The second-order valence-corrected chi connectivity index (χ2v) is 5.84. The molecule has 20 heavy (non-hydrogen) atoms. The van der Waals surface area contributed by atoms with E-state index in [-0.39, 0.29) is 5.82 Å². The number of unbranched alkanes of at least 4 members (excludes halogenated alkanes) is 7. The Hall–Kier alpha value is -0.890. The van der Waals surface area contributed by atoms with Gasteiger partial charge in [-0.2, -0.15) is 0 Å². The van der Waals surface area contributed by atoms with Gasteiger partial charge in [0.1, 0.15) is 5.82 Å². The van der Waals surface area contributed by atoms with E-state index in [0.29, 0.717) is 0 Å². The topological polar surface area (TPSA) is 3.24 Å². The molecule has 0 radical (unpaired) electrons. The zero-order valence-corrected chi connectivity index (χ0v) is 13.2. The monoisotopic (exact) mass is 279 g/mol. The van der Waals surface area contributed by atoms with Gasteiger partial charge in [-0.1, -0.05) is 64.0 Å². The van der Waals surface area contributed by atoms with Crippen molar-refractivity contribution >= 4 is 0 Å². The average molecular weight is 279 g/mol. The van der Waals surface area contributed by atoms with Gasteiger partial charge in [0.25, 0.3) is 0 Å². The van der Waals surface area contributed by atoms with Gasteiger partial charge in [-0.25, -0.2) is 4.39 Å². The normalized spacial score (nSPS) is 11.2. The van der Waals surface area contributed by atoms with Crippen molar-refractivity contribution in [1.82, 2.24) is 4.90 Å². The van der Waals surface area contributed by atoms with Gasteiger partial charge in [0.15, 0.2) is 0 Å². The summed E-state index contributed by atoms with van der Waals surface area (Å²) in [4.78, 5) is 2.28. The Bertz CT molecular complexity index is 351. The Kier molecular flexibility index (Phi) is 9.31. The van der Waals surface area contributed by atoms with Gasteiger partial charge in [0.05, 0.1) is 0 Å². The zero-order chi connectivity index (χ0) is 14.6. The minimum Gasteiger partial charge on any atom is -0.302 e. The molecule has 114 valence electrons. The second kappa shape index (κ2) is 10.8. The van der Waals surface area contributed by atoms with Crippen molar-refractivity contribution in [3.63, 3.8) is 0 Å². The molecule has 0 aliphatic rings. The van der Waals surface area contributed by atoms with E-state index >= 15 is 0 Å². The summed E-state index contributed by atoms with van der Waals surface area (Å²) in [5.74, 6) is -0.136. The SMILES string of the molecule is CCCCCCCCCCN(C)Cc1cccc(F)c1. The fourth-order valence-electron chi connectivity index (χ4n) is 2.54. The van der Waals surface area contributed by atoms with Crippen LogP contribution in [-0.4, -0.2) is 18.5 Å². The number of rotatable bonds is 11. The van der Waals surface area contributed by atoms with Crippen LogP contribution in [-0.2, 0) is 6.54 Å². The van der Waals surface area contributed by atoms with E-state index in [4.69, 9.17) is 0 Å². The predicted molar refractivity (Wildman–Crippen MR) is 85.3 cm³/mol. The molecule has 1 aromatic carbocycles. The summed E-state index contributed by atoms with van der Waals surface area (Å²) >= 11 is 0. The lowest BCUT2D eigenvalue weighted by atomic mass is 10.1. The summed E-state index contributed by atoms with van der Waals surface area (Å²) in [5.41, 5.74) is 1.06. The number of hydrogen-bond donors (Lipinski definition) is 0. The van der Waals surface area contributed by atoms with Crippen molar-refractivity contribution in [3.05, 3.63) is 35.6 Å². The molecule has 2 heteroatoms. The summed E-state index contributed by atoms with van der Waals surface area (Å²) in [5, 5.41) is 0. The second-order valence-electron chi connectivity index (χ2n) is 5.84. The van der Waals surface area contributed by atoms with E-state index in [1.807, 2.05) is 6.07 Å². The molecule has 0 heterocycles. The first-order valence-corrected chi connectivity index (χ1v) is 8.15.